The summed E-state index contributed by atoms with van der Waals surface area (Å²) in [6.07, 6.45) is 0. The standard InChI is InChI=1S/ClH.H4N2.H2O4S.Sn.2H/c;1-2;1-5(2,3)4;;;/h1H;1-2H2;(H2,1,2,3,4);;;. The molecule has 0 rings (SSSR count). The van der Waals surface area contributed by atoms with Gasteiger partial charge in [-0.15, -0.1) is 12.4 Å². The maximum atomic E-state index is 8.74. The Morgan fingerprint density at radius 2 is 1.11 bits per heavy atom. The van der Waals surface area contributed by atoms with Crippen LogP contribution >= 0.6 is 12.4 Å². The molecule has 0 aromatic rings. The van der Waals surface area contributed by atoms with Crippen molar-refractivity contribution in [3.63, 3.8) is 0 Å². The second kappa shape index (κ2) is 11.6. The summed E-state index contributed by atoms with van der Waals surface area (Å²) < 4.78 is 31.6. The topological polar surface area (TPSA) is 127 Å². The minimum atomic E-state index is -4.67. The van der Waals surface area contributed by atoms with Crippen LogP contribution in [-0.2, 0) is 10.4 Å². The van der Waals surface area contributed by atoms with Gasteiger partial charge in [-0.05, 0) is 0 Å². The minimum absolute atomic E-state index is 0. The van der Waals surface area contributed by atoms with Crippen LogP contribution in [0.4, 0.5) is 0 Å². The number of hydrazine groups is 1. The van der Waals surface area contributed by atoms with Crippen molar-refractivity contribution >= 4 is 46.7 Å². The van der Waals surface area contributed by atoms with Gasteiger partial charge in [-0.1, -0.05) is 0 Å². The third-order valence-electron chi connectivity index (χ3n) is 0. The molecule has 0 aliphatic heterocycles. The normalized spacial score (nSPS) is 7.11. The zero-order valence-corrected chi connectivity index (χ0v) is 10.1. The first kappa shape index (κ1) is 22.5. The molecule has 6 N–H and O–H groups in total. The molecule has 0 fully saturated rings. The van der Waals surface area contributed by atoms with E-state index in [0.29, 0.717) is 0 Å². The molecule has 0 spiro atoms. The molecule has 0 aromatic carbocycles. The SMILES string of the molecule is Cl.NN.O=S(=O)(O)O.[SnH2]. The van der Waals surface area contributed by atoms with Crippen molar-refractivity contribution in [3.05, 3.63) is 0 Å². The first-order valence-corrected chi connectivity index (χ1v) is 2.43. The second-order valence-corrected chi connectivity index (χ2v) is 1.34. The summed E-state index contributed by atoms with van der Waals surface area (Å²) in [5.74, 6) is 8.00. The molecule has 6 nitrogen and oxygen atoms in total. The molecule has 0 aromatic heterocycles. The fraction of sp³-hybridized carbons (Fsp3) is 0. The second-order valence-electron chi connectivity index (χ2n) is 0.448. The Morgan fingerprint density at radius 3 is 1.11 bits per heavy atom. The molecule has 0 aliphatic rings. The van der Waals surface area contributed by atoms with E-state index in [4.69, 9.17) is 17.5 Å². The van der Waals surface area contributed by atoms with Crippen LogP contribution in [0.3, 0.4) is 0 Å². The van der Waals surface area contributed by atoms with Crippen molar-refractivity contribution in [1.82, 2.24) is 0 Å². The van der Waals surface area contributed by atoms with Crippen LogP contribution in [0.5, 0.6) is 0 Å². The van der Waals surface area contributed by atoms with Gasteiger partial charge in [-0.3, -0.25) is 20.8 Å². The number of rotatable bonds is 0. The van der Waals surface area contributed by atoms with Gasteiger partial charge in [0.15, 0.2) is 0 Å². The monoisotopic (exact) mass is 288 g/mol. The number of hydrogen-bond donors (Lipinski definition) is 4. The van der Waals surface area contributed by atoms with Gasteiger partial charge in [0.25, 0.3) is 0 Å². The van der Waals surface area contributed by atoms with Crippen molar-refractivity contribution in [2.24, 2.45) is 11.7 Å². The van der Waals surface area contributed by atoms with Crippen LogP contribution in [0.2, 0.25) is 0 Å². The molecule has 0 bridgehead atoms. The van der Waals surface area contributed by atoms with E-state index in [2.05, 4.69) is 11.7 Å². The van der Waals surface area contributed by atoms with Crippen LogP contribution in [0, 0.1) is 0 Å². The third kappa shape index (κ3) is 544. The van der Waals surface area contributed by atoms with E-state index < -0.39 is 10.4 Å². The van der Waals surface area contributed by atoms with Gasteiger partial charge in [0.1, 0.15) is 0 Å². The third-order valence-corrected chi connectivity index (χ3v) is 0. The van der Waals surface area contributed by atoms with E-state index in [1.165, 1.54) is 0 Å². The molecule has 60 valence electrons. The summed E-state index contributed by atoms with van der Waals surface area (Å²) >= 11 is 0. The number of hydrogen-bond acceptors (Lipinski definition) is 4. The first-order valence-electron chi connectivity index (χ1n) is 1.03. The molecule has 0 saturated carbocycles. The first-order chi connectivity index (χ1) is 3.00. The molecule has 0 aliphatic carbocycles. The summed E-state index contributed by atoms with van der Waals surface area (Å²) in [7, 11) is -4.67. The Kier molecular flexibility index (Phi) is 29.2. The number of halogens is 1. The van der Waals surface area contributed by atoms with Gasteiger partial charge in [0.05, 0.1) is 0 Å². The van der Waals surface area contributed by atoms with Crippen LogP contribution < -0.4 is 11.7 Å². The van der Waals surface area contributed by atoms with Crippen molar-refractivity contribution in [1.29, 1.82) is 0 Å². The zero-order valence-electron chi connectivity index (χ0n) is 4.39. The number of nitrogens with two attached hydrogens (primary N) is 2. The molecule has 2 radical (unpaired) electrons. The Balaban J connectivity index is -0.0000000286. The van der Waals surface area contributed by atoms with Gasteiger partial charge in [0.2, 0.25) is 0 Å². The van der Waals surface area contributed by atoms with E-state index in [1.807, 2.05) is 0 Å². The van der Waals surface area contributed by atoms with Crippen LogP contribution in [0.25, 0.3) is 0 Å². The quantitative estimate of drug-likeness (QED) is 0.171. The Labute approximate surface area is 75.9 Å². The van der Waals surface area contributed by atoms with E-state index in [1.54, 1.807) is 0 Å². The fourth-order valence-electron chi connectivity index (χ4n) is 0. The van der Waals surface area contributed by atoms with Gasteiger partial charge >= 0.3 is 34.3 Å². The van der Waals surface area contributed by atoms with E-state index >= 15 is 0 Å². The van der Waals surface area contributed by atoms with Gasteiger partial charge < -0.3 is 0 Å². The average Bonchev–Trinajstić information content (AvgIpc) is 1.36. The predicted octanol–water partition coefficient (Wildman–Crippen LogP) is -2.33. The molecular formula is H9ClN2O4SSn. The summed E-state index contributed by atoms with van der Waals surface area (Å²) in [6.45, 7) is 0. The summed E-state index contributed by atoms with van der Waals surface area (Å²) in [5, 5.41) is 0. The predicted molar refractivity (Wildman–Crippen MR) is 38.3 cm³/mol. The van der Waals surface area contributed by atoms with Crippen molar-refractivity contribution in [3.8, 4) is 0 Å². The van der Waals surface area contributed by atoms with Gasteiger partial charge in [0, 0.05) is 0 Å². The van der Waals surface area contributed by atoms with Gasteiger partial charge in [-0.25, -0.2) is 0 Å². The molecule has 9 heteroatoms. The van der Waals surface area contributed by atoms with E-state index in [0.717, 1.165) is 0 Å². The van der Waals surface area contributed by atoms with Crippen LogP contribution in [0.1, 0.15) is 0 Å². The van der Waals surface area contributed by atoms with E-state index in [9.17, 15) is 0 Å². The van der Waals surface area contributed by atoms with Crippen LogP contribution in [0.15, 0.2) is 0 Å². The Hall–Kier alpha value is 0.879. The summed E-state index contributed by atoms with van der Waals surface area (Å²) in [4.78, 5) is 0. The van der Waals surface area contributed by atoms with E-state index in [-0.39, 0.29) is 36.3 Å². The average molecular weight is 287 g/mol. The maximum absolute atomic E-state index is 8.74. The summed E-state index contributed by atoms with van der Waals surface area (Å²) in [5.41, 5.74) is 0. The van der Waals surface area contributed by atoms with Gasteiger partial charge in [-0.2, -0.15) is 8.42 Å². The molecule has 9 heavy (non-hydrogen) atoms. The fourth-order valence-corrected chi connectivity index (χ4v) is 0. The molecular weight excluding hydrogens is 278 g/mol. The Bertz CT molecular complexity index is 102. The van der Waals surface area contributed by atoms with Crippen LogP contribution in [-0.4, -0.2) is 41.4 Å². The molecule has 0 amide bonds. The molecule has 0 saturated heterocycles. The molecule has 0 heterocycles. The Morgan fingerprint density at radius 1 is 1.11 bits per heavy atom. The van der Waals surface area contributed by atoms with Crippen molar-refractivity contribution < 1.29 is 17.5 Å². The molecule has 0 atom stereocenters. The summed E-state index contributed by atoms with van der Waals surface area (Å²) in [6, 6.07) is 0. The van der Waals surface area contributed by atoms with Crippen molar-refractivity contribution in [2.45, 2.75) is 0 Å². The van der Waals surface area contributed by atoms with Crippen molar-refractivity contribution in [2.75, 3.05) is 0 Å². The zero-order chi connectivity index (χ0) is 6.50. The molecule has 0 unspecified atom stereocenters.